The molecule has 1 amide bonds. The number of hydrogen-bond donors (Lipinski definition) is 3. The normalized spacial score (nSPS) is 21.1. The van der Waals surface area contributed by atoms with Crippen LogP contribution in [0.15, 0.2) is 48.5 Å². The number of aromatic nitrogens is 2. The SMILES string of the molecule is COc1ccc(C2CC(C(F)F)n3nc(-c4cccc(C(=O)N[C@H]5CCNC5)c4)cc3N2)cc1OC. The van der Waals surface area contributed by atoms with Gasteiger partial charge in [0.25, 0.3) is 12.3 Å². The molecule has 10 heteroatoms. The van der Waals surface area contributed by atoms with Gasteiger partial charge in [-0.25, -0.2) is 13.5 Å². The predicted molar refractivity (Wildman–Crippen MR) is 132 cm³/mol. The second-order valence-corrected chi connectivity index (χ2v) is 9.05. The lowest BCUT2D eigenvalue weighted by atomic mass is 9.97. The van der Waals surface area contributed by atoms with E-state index >= 15 is 0 Å². The Kier molecular flexibility index (Phi) is 6.77. The van der Waals surface area contributed by atoms with E-state index in [4.69, 9.17) is 9.47 Å². The first-order valence-electron chi connectivity index (χ1n) is 11.9. The van der Waals surface area contributed by atoms with Crippen LogP contribution in [-0.4, -0.2) is 55.5 Å². The summed E-state index contributed by atoms with van der Waals surface area (Å²) in [5, 5.41) is 14.1. The molecule has 3 heterocycles. The number of halogens is 2. The standard InChI is InChI=1S/C26H29F2N5O3/c1-35-22-7-6-16(11-23(22)36-2)19-12-21(25(27)28)33-24(31-19)13-20(32-33)15-4-3-5-17(10-15)26(34)30-18-8-9-29-14-18/h3-7,10-11,13,18-19,21,25,29,31H,8-9,12,14H2,1-2H3,(H,30,34)/t18-,19?,21?/m0/s1. The van der Waals surface area contributed by atoms with Crippen molar-refractivity contribution in [3.05, 3.63) is 59.7 Å². The summed E-state index contributed by atoms with van der Waals surface area (Å²) in [6, 6.07) is 12.9. The number of benzene rings is 2. The molecule has 3 atom stereocenters. The van der Waals surface area contributed by atoms with Crippen molar-refractivity contribution in [2.75, 3.05) is 32.6 Å². The molecule has 0 radical (unpaired) electrons. The number of hydrogen-bond acceptors (Lipinski definition) is 6. The second kappa shape index (κ2) is 10.1. The number of nitrogens with zero attached hydrogens (tertiary/aromatic N) is 2. The van der Waals surface area contributed by atoms with Crippen molar-refractivity contribution in [3.63, 3.8) is 0 Å². The zero-order valence-electron chi connectivity index (χ0n) is 20.1. The zero-order valence-corrected chi connectivity index (χ0v) is 20.1. The number of anilines is 1. The molecule has 1 saturated heterocycles. The molecule has 1 aromatic heterocycles. The summed E-state index contributed by atoms with van der Waals surface area (Å²) in [4.78, 5) is 12.7. The maximum absolute atomic E-state index is 14.1. The van der Waals surface area contributed by atoms with Crippen LogP contribution in [0.1, 0.15) is 40.8 Å². The number of alkyl halides is 2. The average molecular weight is 498 g/mol. The van der Waals surface area contributed by atoms with E-state index in [9.17, 15) is 13.6 Å². The quantitative estimate of drug-likeness (QED) is 0.457. The highest BCUT2D eigenvalue weighted by molar-refractivity contribution is 5.95. The first kappa shape index (κ1) is 24.1. The van der Waals surface area contributed by atoms with Gasteiger partial charge < -0.3 is 25.4 Å². The molecule has 2 aromatic carbocycles. The van der Waals surface area contributed by atoms with Gasteiger partial charge in [-0.05, 0) is 49.2 Å². The Morgan fingerprint density at radius 2 is 1.97 bits per heavy atom. The molecule has 3 aromatic rings. The Morgan fingerprint density at radius 1 is 1.14 bits per heavy atom. The molecule has 0 spiro atoms. The minimum atomic E-state index is -2.60. The van der Waals surface area contributed by atoms with Crippen LogP contribution in [0, 0.1) is 0 Å². The van der Waals surface area contributed by atoms with Gasteiger partial charge in [0.1, 0.15) is 11.9 Å². The van der Waals surface area contributed by atoms with E-state index in [2.05, 4.69) is 21.0 Å². The number of carbonyl (C=O) groups is 1. The molecule has 1 fully saturated rings. The summed E-state index contributed by atoms with van der Waals surface area (Å²) < 4.78 is 40.3. The molecule has 0 saturated carbocycles. The van der Waals surface area contributed by atoms with Crippen LogP contribution in [0.25, 0.3) is 11.3 Å². The van der Waals surface area contributed by atoms with Gasteiger partial charge in [0.05, 0.1) is 26.0 Å². The molecular weight excluding hydrogens is 468 g/mol. The van der Waals surface area contributed by atoms with Crippen LogP contribution < -0.4 is 25.4 Å². The van der Waals surface area contributed by atoms with Crippen molar-refractivity contribution in [1.29, 1.82) is 0 Å². The van der Waals surface area contributed by atoms with E-state index in [0.29, 0.717) is 34.1 Å². The summed E-state index contributed by atoms with van der Waals surface area (Å²) in [7, 11) is 3.09. The molecule has 0 aliphatic carbocycles. The average Bonchev–Trinajstić information content (AvgIpc) is 3.57. The number of fused-ring (bicyclic) bond motifs is 1. The lowest BCUT2D eigenvalue weighted by Crippen LogP contribution is -2.36. The van der Waals surface area contributed by atoms with Crippen LogP contribution in [0.3, 0.4) is 0 Å². The van der Waals surface area contributed by atoms with E-state index in [-0.39, 0.29) is 24.4 Å². The molecule has 2 unspecified atom stereocenters. The van der Waals surface area contributed by atoms with Crippen molar-refractivity contribution >= 4 is 11.7 Å². The third-order valence-corrected chi connectivity index (χ3v) is 6.77. The third kappa shape index (κ3) is 4.73. The summed E-state index contributed by atoms with van der Waals surface area (Å²) in [6.07, 6.45) is -1.56. The molecule has 2 aliphatic heterocycles. The van der Waals surface area contributed by atoms with Gasteiger partial charge in [0, 0.05) is 29.8 Å². The summed E-state index contributed by atoms with van der Waals surface area (Å²) in [5.74, 6) is 1.44. The first-order chi connectivity index (χ1) is 17.5. The molecule has 3 N–H and O–H groups in total. The molecule has 5 rings (SSSR count). The van der Waals surface area contributed by atoms with Crippen molar-refractivity contribution in [2.45, 2.75) is 37.4 Å². The summed E-state index contributed by atoms with van der Waals surface area (Å²) in [5.41, 5.74) is 2.53. The molecule has 190 valence electrons. The highest BCUT2D eigenvalue weighted by Gasteiger charge is 2.35. The number of ether oxygens (including phenoxy) is 2. The first-order valence-corrected chi connectivity index (χ1v) is 11.9. The van der Waals surface area contributed by atoms with E-state index in [1.54, 1.807) is 43.5 Å². The minimum Gasteiger partial charge on any atom is -0.493 e. The van der Waals surface area contributed by atoms with Crippen LogP contribution in [-0.2, 0) is 0 Å². The summed E-state index contributed by atoms with van der Waals surface area (Å²) in [6.45, 7) is 1.63. The second-order valence-electron chi connectivity index (χ2n) is 9.05. The maximum atomic E-state index is 14.1. The number of carbonyl (C=O) groups excluding carboxylic acids is 1. The fourth-order valence-corrected chi connectivity index (χ4v) is 4.84. The van der Waals surface area contributed by atoms with Crippen molar-refractivity contribution < 1.29 is 23.0 Å². The Hall–Kier alpha value is -3.66. The Balaban J connectivity index is 1.42. The fraction of sp³-hybridized carbons (Fsp3) is 0.385. The van der Waals surface area contributed by atoms with Crippen LogP contribution >= 0.6 is 0 Å². The maximum Gasteiger partial charge on any atom is 0.260 e. The lowest BCUT2D eigenvalue weighted by molar-refractivity contribution is 0.0659. The predicted octanol–water partition coefficient (Wildman–Crippen LogP) is 4.02. The van der Waals surface area contributed by atoms with E-state index in [1.807, 2.05) is 12.1 Å². The van der Waals surface area contributed by atoms with Crippen LogP contribution in [0.5, 0.6) is 11.5 Å². The van der Waals surface area contributed by atoms with Gasteiger partial charge in [-0.3, -0.25) is 4.79 Å². The Labute approximate surface area is 208 Å². The third-order valence-electron chi connectivity index (χ3n) is 6.77. The Bertz CT molecular complexity index is 1240. The molecule has 8 nitrogen and oxygen atoms in total. The minimum absolute atomic E-state index is 0.102. The van der Waals surface area contributed by atoms with E-state index in [0.717, 1.165) is 25.1 Å². The number of rotatable bonds is 7. The van der Waals surface area contributed by atoms with E-state index in [1.165, 1.54) is 11.8 Å². The molecular formula is C26H29F2N5O3. The smallest absolute Gasteiger partial charge is 0.260 e. The van der Waals surface area contributed by atoms with E-state index < -0.39 is 12.5 Å². The van der Waals surface area contributed by atoms with Crippen LogP contribution in [0.4, 0.5) is 14.6 Å². The van der Waals surface area contributed by atoms with Gasteiger partial charge in [-0.1, -0.05) is 18.2 Å². The number of methoxy groups -OCH3 is 2. The fourth-order valence-electron chi connectivity index (χ4n) is 4.84. The molecule has 36 heavy (non-hydrogen) atoms. The monoisotopic (exact) mass is 497 g/mol. The number of amides is 1. The van der Waals surface area contributed by atoms with Gasteiger partial charge in [-0.15, -0.1) is 0 Å². The largest absolute Gasteiger partial charge is 0.493 e. The topological polar surface area (TPSA) is 89.4 Å². The van der Waals surface area contributed by atoms with Crippen molar-refractivity contribution in [3.8, 4) is 22.8 Å². The van der Waals surface area contributed by atoms with Crippen molar-refractivity contribution in [1.82, 2.24) is 20.4 Å². The van der Waals surface area contributed by atoms with Gasteiger partial charge >= 0.3 is 0 Å². The van der Waals surface area contributed by atoms with Gasteiger partial charge in [-0.2, -0.15) is 5.10 Å². The van der Waals surface area contributed by atoms with Crippen LogP contribution in [0.2, 0.25) is 0 Å². The zero-order chi connectivity index (χ0) is 25.2. The van der Waals surface area contributed by atoms with Gasteiger partial charge in [0.2, 0.25) is 0 Å². The molecule has 2 aliphatic rings. The van der Waals surface area contributed by atoms with Gasteiger partial charge in [0.15, 0.2) is 11.5 Å². The molecule has 0 bridgehead atoms. The van der Waals surface area contributed by atoms with Crippen molar-refractivity contribution in [2.24, 2.45) is 0 Å². The lowest BCUT2D eigenvalue weighted by Gasteiger charge is -2.32. The number of nitrogens with one attached hydrogen (secondary N) is 3. The highest BCUT2D eigenvalue weighted by Crippen LogP contribution is 2.41. The summed E-state index contributed by atoms with van der Waals surface area (Å²) >= 11 is 0. The highest BCUT2D eigenvalue weighted by atomic mass is 19.3. The Morgan fingerprint density at radius 3 is 2.69 bits per heavy atom.